The summed E-state index contributed by atoms with van der Waals surface area (Å²) in [6, 6.07) is 58.2. The molecule has 256 valence electrons. The molecule has 0 amide bonds. The molecular formula is C51H47N. The normalized spacial score (nSPS) is 26.0. The summed E-state index contributed by atoms with van der Waals surface area (Å²) in [6.07, 6.45) is 11.4. The highest BCUT2D eigenvalue weighted by Gasteiger charge is 2.46. The Labute approximate surface area is 309 Å². The van der Waals surface area contributed by atoms with Crippen LogP contribution in [-0.4, -0.2) is 0 Å². The first-order chi connectivity index (χ1) is 25.7. The smallest absolute Gasteiger partial charge is 0.0714 e. The van der Waals surface area contributed by atoms with E-state index in [0.717, 1.165) is 35.5 Å². The SMILES string of the molecule is c1ccc(C2(c3ccccc3)c3ccccc3-c3ccc(N(c4ccc(C5CC6CCC5C6)cc4)c4ccc(C5CC6CCC5C6)cc4)cc32)cc1. The van der Waals surface area contributed by atoms with E-state index in [4.69, 9.17) is 0 Å². The van der Waals surface area contributed by atoms with Gasteiger partial charge >= 0.3 is 0 Å². The van der Waals surface area contributed by atoms with Crippen molar-refractivity contribution in [3.63, 3.8) is 0 Å². The Balaban J connectivity index is 1.07. The van der Waals surface area contributed by atoms with Crippen molar-refractivity contribution in [3.05, 3.63) is 185 Å². The van der Waals surface area contributed by atoms with E-state index >= 15 is 0 Å². The molecule has 5 aliphatic carbocycles. The lowest BCUT2D eigenvalue weighted by molar-refractivity contribution is 0.420. The molecule has 0 aliphatic heterocycles. The van der Waals surface area contributed by atoms with Crippen LogP contribution in [0.1, 0.15) is 96.6 Å². The Morgan fingerprint density at radius 1 is 0.404 bits per heavy atom. The van der Waals surface area contributed by atoms with Gasteiger partial charge in [0.1, 0.15) is 0 Å². The summed E-state index contributed by atoms with van der Waals surface area (Å²) in [6.45, 7) is 0. The van der Waals surface area contributed by atoms with Crippen molar-refractivity contribution < 1.29 is 0 Å². The Kier molecular flexibility index (Phi) is 7.14. The highest BCUT2D eigenvalue weighted by Crippen LogP contribution is 2.58. The molecular weight excluding hydrogens is 627 g/mol. The highest BCUT2D eigenvalue weighted by atomic mass is 15.1. The monoisotopic (exact) mass is 673 g/mol. The van der Waals surface area contributed by atoms with Gasteiger partial charge in [0.15, 0.2) is 0 Å². The molecule has 0 N–H and O–H groups in total. The van der Waals surface area contributed by atoms with Gasteiger partial charge in [0.05, 0.1) is 5.41 Å². The standard InChI is InChI=1S/C51H47N/c1-3-9-40(10-4-1)51(41-11-5-2-6-12-41)49-14-8-7-13-45(49)46-28-27-44(33-50(46)51)52(42-23-19-36(20-24-42)47-31-34-15-17-38(47)29-34)43-25-21-37(22-26-43)48-32-35-16-18-39(48)30-35/h1-14,19-28,33-35,38-39,47-48H,15-18,29-32H2. The highest BCUT2D eigenvalue weighted by molar-refractivity contribution is 5.89. The maximum atomic E-state index is 2.53. The van der Waals surface area contributed by atoms with Gasteiger partial charge in [0.2, 0.25) is 0 Å². The van der Waals surface area contributed by atoms with Crippen LogP contribution in [0.3, 0.4) is 0 Å². The third kappa shape index (κ3) is 4.67. The predicted molar refractivity (Wildman–Crippen MR) is 215 cm³/mol. The zero-order valence-corrected chi connectivity index (χ0v) is 30.0. The third-order valence-corrected chi connectivity index (χ3v) is 14.3. The van der Waals surface area contributed by atoms with Crippen molar-refractivity contribution in [1.29, 1.82) is 0 Å². The quantitative estimate of drug-likeness (QED) is 0.163. The minimum atomic E-state index is -0.423. The lowest BCUT2D eigenvalue weighted by atomic mass is 9.67. The van der Waals surface area contributed by atoms with Gasteiger partial charge in [0, 0.05) is 17.1 Å². The fourth-order valence-electron chi connectivity index (χ4n) is 12.1. The van der Waals surface area contributed by atoms with Crippen LogP contribution in [-0.2, 0) is 5.41 Å². The summed E-state index contributed by atoms with van der Waals surface area (Å²) in [5.41, 5.74) is 14.3. The van der Waals surface area contributed by atoms with E-state index in [1.54, 1.807) is 11.1 Å². The van der Waals surface area contributed by atoms with E-state index in [-0.39, 0.29) is 0 Å². The van der Waals surface area contributed by atoms with E-state index in [0.29, 0.717) is 0 Å². The summed E-state index contributed by atoms with van der Waals surface area (Å²) in [4.78, 5) is 2.53. The molecule has 0 saturated heterocycles. The molecule has 5 aliphatic rings. The average Bonchev–Trinajstić information content (AvgIpc) is 4.07. The first kappa shape index (κ1) is 30.7. The van der Waals surface area contributed by atoms with Crippen LogP contribution in [0.4, 0.5) is 17.1 Å². The molecule has 0 aromatic heterocycles. The first-order valence-corrected chi connectivity index (χ1v) is 20.1. The van der Waals surface area contributed by atoms with Crippen LogP contribution in [0.5, 0.6) is 0 Å². The summed E-state index contributed by atoms with van der Waals surface area (Å²) >= 11 is 0. The molecule has 1 heteroatoms. The first-order valence-electron chi connectivity index (χ1n) is 20.1. The summed E-state index contributed by atoms with van der Waals surface area (Å²) in [5.74, 6) is 5.13. The molecule has 1 nitrogen and oxygen atoms in total. The maximum Gasteiger partial charge on any atom is 0.0714 e. The summed E-state index contributed by atoms with van der Waals surface area (Å²) in [7, 11) is 0. The molecule has 0 radical (unpaired) electrons. The van der Waals surface area contributed by atoms with Gasteiger partial charge in [-0.2, -0.15) is 0 Å². The second-order valence-electron chi connectivity index (χ2n) is 16.8. The van der Waals surface area contributed by atoms with E-state index in [1.807, 2.05) is 0 Å². The van der Waals surface area contributed by atoms with Gasteiger partial charge < -0.3 is 4.90 Å². The molecule has 6 unspecified atom stereocenters. The average molecular weight is 674 g/mol. The van der Waals surface area contributed by atoms with Crippen LogP contribution >= 0.6 is 0 Å². The maximum absolute atomic E-state index is 2.53. The second-order valence-corrected chi connectivity index (χ2v) is 16.8. The lowest BCUT2D eigenvalue weighted by Gasteiger charge is -2.35. The largest absolute Gasteiger partial charge is 0.310 e. The minimum absolute atomic E-state index is 0.423. The fourth-order valence-corrected chi connectivity index (χ4v) is 12.1. The second kappa shape index (κ2) is 12.1. The van der Waals surface area contributed by atoms with E-state index in [9.17, 15) is 0 Å². The van der Waals surface area contributed by atoms with Gasteiger partial charge in [-0.05, 0) is 155 Å². The number of nitrogens with zero attached hydrogens (tertiary/aromatic N) is 1. The van der Waals surface area contributed by atoms with Crippen molar-refractivity contribution in [1.82, 2.24) is 0 Å². The molecule has 6 atom stereocenters. The van der Waals surface area contributed by atoms with Gasteiger partial charge in [-0.1, -0.05) is 128 Å². The molecule has 6 aromatic carbocycles. The summed E-state index contributed by atoms with van der Waals surface area (Å²) in [5, 5.41) is 0. The predicted octanol–water partition coefficient (Wildman–Crippen LogP) is 13.3. The van der Waals surface area contributed by atoms with E-state index < -0.39 is 5.41 Å². The molecule has 52 heavy (non-hydrogen) atoms. The lowest BCUT2D eigenvalue weighted by Crippen LogP contribution is -2.28. The van der Waals surface area contributed by atoms with Crippen molar-refractivity contribution in [3.8, 4) is 11.1 Å². The molecule has 6 aromatic rings. The van der Waals surface area contributed by atoms with E-state index in [1.165, 1.54) is 102 Å². The molecule has 11 rings (SSSR count). The molecule has 0 spiro atoms. The molecule has 4 saturated carbocycles. The zero-order chi connectivity index (χ0) is 34.2. The van der Waals surface area contributed by atoms with Crippen molar-refractivity contribution in [2.75, 3.05) is 4.90 Å². The van der Waals surface area contributed by atoms with Gasteiger partial charge in [0.25, 0.3) is 0 Å². The molecule has 0 heterocycles. The topological polar surface area (TPSA) is 3.24 Å². The number of hydrogen-bond donors (Lipinski definition) is 0. The number of rotatable bonds is 7. The Hall–Kier alpha value is -4.88. The van der Waals surface area contributed by atoms with Gasteiger partial charge in [-0.25, -0.2) is 0 Å². The number of anilines is 3. The van der Waals surface area contributed by atoms with Crippen molar-refractivity contribution >= 4 is 17.1 Å². The number of benzene rings is 6. The molecule has 4 fully saturated rings. The van der Waals surface area contributed by atoms with Crippen LogP contribution in [0.25, 0.3) is 11.1 Å². The van der Waals surface area contributed by atoms with Crippen molar-refractivity contribution in [2.45, 2.75) is 68.6 Å². The number of fused-ring (bicyclic) bond motifs is 7. The minimum Gasteiger partial charge on any atom is -0.310 e. The van der Waals surface area contributed by atoms with Gasteiger partial charge in [-0.3, -0.25) is 0 Å². The Morgan fingerprint density at radius 2 is 0.885 bits per heavy atom. The van der Waals surface area contributed by atoms with Crippen molar-refractivity contribution in [2.24, 2.45) is 23.7 Å². The van der Waals surface area contributed by atoms with E-state index in [2.05, 4.69) is 157 Å². The van der Waals surface area contributed by atoms with Crippen LogP contribution in [0, 0.1) is 23.7 Å². The Bertz CT molecular complexity index is 2120. The molecule has 4 bridgehead atoms. The zero-order valence-electron chi connectivity index (χ0n) is 30.0. The fraction of sp³-hybridized carbons (Fsp3) is 0.294. The van der Waals surface area contributed by atoms with Crippen LogP contribution in [0.2, 0.25) is 0 Å². The van der Waals surface area contributed by atoms with Gasteiger partial charge in [-0.15, -0.1) is 0 Å². The van der Waals surface area contributed by atoms with Crippen LogP contribution < -0.4 is 4.90 Å². The Morgan fingerprint density at radius 3 is 1.38 bits per heavy atom. The number of hydrogen-bond acceptors (Lipinski definition) is 1. The third-order valence-electron chi connectivity index (χ3n) is 14.3. The van der Waals surface area contributed by atoms with Crippen LogP contribution in [0.15, 0.2) is 152 Å². The summed E-state index contributed by atoms with van der Waals surface area (Å²) < 4.78 is 0.